The molecule has 3 aromatic carbocycles. The van der Waals surface area contributed by atoms with Crippen LogP contribution in [0.5, 0.6) is 0 Å². The highest BCUT2D eigenvalue weighted by molar-refractivity contribution is 9.10. The summed E-state index contributed by atoms with van der Waals surface area (Å²) in [6.07, 6.45) is 2.93. The van der Waals surface area contributed by atoms with Crippen LogP contribution in [0.15, 0.2) is 77.3 Å². The lowest BCUT2D eigenvalue weighted by atomic mass is 10.0. The van der Waals surface area contributed by atoms with E-state index in [9.17, 15) is 18.0 Å². The van der Waals surface area contributed by atoms with Gasteiger partial charge in [-0.05, 0) is 41.8 Å². The number of rotatable bonds is 13. The van der Waals surface area contributed by atoms with E-state index in [-0.39, 0.29) is 34.6 Å². The summed E-state index contributed by atoms with van der Waals surface area (Å²) in [4.78, 5) is 29.1. The first-order chi connectivity index (χ1) is 19.0. The fraction of sp³-hybridized carbons (Fsp3) is 0.310. The zero-order valence-corrected chi connectivity index (χ0v) is 26.2. The van der Waals surface area contributed by atoms with Gasteiger partial charge >= 0.3 is 0 Å². The Balaban J connectivity index is 2.06. The van der Waals surface area contributed by atoms with Crippen molar-refractivity contribution >= 4 is 66.7 Å². The molecule has 0 saturated heterocycles. The van der Waals surface area contributed by atoms with E-state index in [4.69, 9.17) is 23.2 Å². The van der Waals surface area contributed by atoms with Crippen LogP contribution >= 0.6 is 39.1 Å². The highest BCUT2D eigenvalue weighted by Gasteiger charge is 2.33. The third-order valence-corrected chi connectivity index (χ3v) is 8.65. The van der Waals surface area contributed by atoms with Crippen molar-refractivity contribution < 1.29 is 18.0 Å². The molecule has 0 spiro atoms. The van der Waals surface area contributed by atoms with Crippen LogP contribution in [0, 0.1) is 0 Å². The van der Waals surface area contributed by atoms with Crippen molar-refractivity contribution in [1.29, 1.82) is 0 Å². The number of carbonyl (C=O) groups excluding carboxylic acids is 2. The summed E-state index contributed by atoms with van der Waals surface area (Å²) in [7, 11) is -3.95. The van der Waals surface area contributed by atoms with E-state index in [0.717, 1.165) is 39.0 Å². The molecule has 0 bridgehead atoms. The molecule has 2 amide bonds. The normalized spacial score (nSPS) is 12.0. The second-order valence-electron chi connectivity index (χ2n) is 9.34. The van der Waals surface area contributed by atoms with Crippen molar-refractivity contribution in [1.82, 2.24) is 10.2 Å². The highest BCUT2D eigenvalue weighted by Crippen LogP contribution is 2.34. The Bertz CT molecular complexity index is 1420. The summed E-state index contributed by atoms with van der Waals surface area (Å²) in [6.45, 7) is 2.00. The number of anilines is 1. The molecule has 214 valence electrons. The van der Waals surface area contributed by atoms with Crippen LogP contribution in [0.2, 0.25) is 10.0 Å². The van der Waals surface area contributed by atoms with Crippen LogP contribution in [0.25, 0.3) is 0 Å². The first-order valence-electron chi connectivity index (χ1n) is 12.8. The van der Waals surface area contributed by atoms with Crippen LogP contribution < -0.4 is 9.62 Å². The van der Waals surface area contributed by atoms with E-state index in [1.165, 1.54) is 17.0 Å². The zero-order chi connectivity index (χ0) is 29.3. The molecule has 3 aromatic rings. The summed E-state index contributed by atoms with van der Waals surface area (Å²) >= 11 is 16.0. The fourth-order valence-electron chi connectivity index (χ4n) is 4.17. The summed E-state index contributed by atoms with van der Waals surface area (Å²) in [5, 5.41) is 3.12. The first-order valence-corrected chi connectivity index (χ1v) is 16.2. The smallest absolute Gasteiger partial charge is 0.244 e. The monoisotopic (exact) mass is 667 g/mol. The number of sulfonamides is 1. The summed E-state index contributed by atoms with van der Waals surface area (Å²) in [5.41, 5.74) is 1.72. The van der Waals surface area contributed by atoms with Gasteiger partial charge in [-0.2, -0.15) is 0 Å². The van der Waals surface area contributed by atoms with Gasteiger partial charge in [0.15, 0.2) is 0 Å². The third kappa shape index (κ3) is 8.96. The van der Waals surface area contributed by atoms with Crippen LogP contribution in [0.1, 0.15) is 30.9 Å². The Morgan fingerprint density at radius 2 is 1.65 bits per heavy atom. The van der Waals surface area contributed by atoms with Gasteiger partial charge in [0.05, 0.1) is 22.0 Å². The molecule has 40 heavy (non-hydrogen) atoms. The van der Waals surface area contributed by atoms with Crippen molar-refractivity contribution in [3.05, 3.63) is 98.4 Å². The molecule has 0 saturated carbocycles. The minimum absolute atomic E-state index is 0.0130. The van der Waals surface area contributed by atoms with Crippen molar-refractivity contribution in [3.8, 4) is 0 Å². The predicted octanol–water partition coefficient (Wildman–Crippen LogP) is 6.08. The molecule has 0 radical (unpaired) electrons. The van der Waals surface area contributed by atoms with Gasteiger partial charge in [-0.1, -0.05) is 101 Å². The SMILES string of the molecule is CCCCNC(=O)C(Cc1ccccc1)N(Cc1cccc(Br)c1)C(=O)CN(c1cccc(Cl)c1Cl)S(C)(=O)=O. The van der Waals surface area contributed by atoms with Gasteiger partial charge in [0.2, 0.25) is 21.8 Å². The van der Waals surface area contributed by atoms with Crippen molar-refractivity contribution in [3.63, 3.8) is 0 Å². The number of nitrogens with one attached hydrogen (secondary N) is 1. The van der Waals surface area contributed by atoms with Crippen molar-refractivity contribution in [2.75, 3.05) is 23.7 Å². The molecule has 3 rings (SSSR count). The van der Waals surface area contributed by atoms with Crippen LogP contribution in [0.3, 0.4) is 0 Å². The third-order valence-electron chi connectivity index (χ3n) is 6.22. The number of nitrogens with zero attached hydrogens (tertiary/aromatic N) is 2. The quantitative estimate of drug-likeness (QED) is 0.224. The van der Waals surface area contributed by atoms with Crippen molar-refractivity contribution in [2.24, 2.45) is 0 Å². The Kier molecular flexibility index (Phi) is 11.9. The zero-order valence-electron chi connectivity index (χ0n) is 22.3. The number of amides is 2. The molecule has 0 aliphatic carbocycles. The molecule has 11 heteroatoms. The molecule has 0 aliphatic rings. The summed E-state index contributed by atoms with van der Waals surface area (Å²) in [6, 6.07) is 20.5. The fourth-order valence-corrected chi connectivity index (χ4v) is 5.92. The molecular weight excluding hydrogens is 637 g/mol. The second-order valence-corrected chi connectivity index (χ2v) is 13.0. The van der Waals surface area contributed by atoms with Gasteiger partial charge in [-0.25, -0.2) is 8.42 Å². The lowest BCUT2D eigenvalue weighted by molar-refractivity contribution is -0.140. The van der Waals surface area contributed by atoms with E-state index < -0.39 is 28.5 Å². The van der Waals surface area contributed by atoms with Crippen molar-refractivity contribution in [2.45, 2.75) is 38.8 Å². The Labute approximate surface area is 254 Å². The molecular formula is C29H32BrCl2N3O4S. The lowest BCUT2D eigenvalue weighted by Gasteiger charge is -2.33. The molecule has 0 aliphatic heterocycles. The molecule has 1 unspecified atom stereocenters. The molecule has 0 fully saturated rings. The minimum Gasteiger partial charge on any atom is -0.354 e. The average Bonchev–Trinajstić information content (AvgIpc) is 2.91. The summed E-state index contributed by atoms with van der Waals surface area (Å²) < 4.78 is 27.5. The number of hydrogen-bond acceptors (Lipinski definition) is 4. The van der Waals surface area contributed by atoms with Gasteiger partial charge in [-0.3, -0.25) is 13.9 Å². The largest absolute Gasteiger partial charge is 0.354 e. The van der Waals surface area contributed by atoms with E-state index >= 15 is 0 Å². The molecule has 0 heterocycles. The average molecular weight is 669 g/mol. The maximum absolute atomic E-state index is 14.1. The van der Waals surface area contributed by atoms with Gasteiger partial charge in [-0.15, -0.1) is 0 Å². The van der Waals surface area contributed by atoms with Crippen LogP contribution in [-0.2, 0) is 32.6 Å². The maximum atomic E-state index is 14.1. The maximum Gasteiger partial charge on any atom is 0.244 e. The van der Waals surface area contributed by atoms with E-state index in [2.05, 4.69) is 21.2 Å². The van der Waals surface area contributed by atoms with Crippen LogP contribution in [0.4, 0.5) is 5.69 Å². The topological polar surface area (TPSA) is 86.8 Å². The van der Waals surface area contributed by atoms with Gasteiger partial charge < -0.3 is 10.2 Å². The molecule has 0 aromatic heterocycles. The Morgan fingerprint density at radius 3 is 2.30 bits per heavy atom. The predicted molar refractivity (Wildman–Crippen MR) is 165 cm³/mol. The standard InChI is InChI=1S/C29H32BrCl2N3O4S/c1-3-4-16-33-29(37)26(18-21-10-6-5-7-11-21)34(19-22-12-8-13-23(30)17-22)27(36)20-35(40(2,38)39)25-15-9-14-24(31)28(25)32/h5-15,17,26H,3-4,16,18-20H2,1-2H3,(H,33,37). The highest BCUT2D eigenvalue weighted by atomic mass is 79.9. The van der Waals surface area contributed by atoms with E-state index in [1.807, 2.05) is 61.5 Å². The molecule has 1 atom stereocenters. The summed E-state index contributed by atoms with van der Waals surface area (Å²) in [5.74, 6) is -0.875. The van der Waals surface area contributed by atoms with Gasteiger partial charge in [0.1, 0.15) is 12.6 Å². The number of carbonyl (C=O) groups is 2. The number of unbranched alkanes of at least 4 members (excludes halogenated alkanes) is 1. The first kappa shape index (κ1) is 31.9. The van der Waals surface area contributed by atoms with Gasteiger partial charge in [0.25, 0.3) is 0 Å². The number of hydrogen-bond donors (Lipinski definition) is 1. The minimum atomic E-state index is -3.95. The molecule has 1 N–H and O–H groups in total. The molecule has 7 nitrogen and oxygen atoms in total. The Hall–Kier alpha value is -2.59. The van der Waals surface area contributed by atoms with Gasteiger partial charge in [0, 0.05) is 24.0 Å². The number of benzene rings is 3. The van der Waals surface area contributed by atoms with Crippen LogP contribution in [-0.4, -0.2) is 50.5 Å². The lowest BCUT2D eigenvalue weighted by Crippen LogP contribution is -2.53. The van der Waals surface area contributed by atoms with E-state index in [1.54, 1.807) is 6.07 Å². The number of halogens is 3. The van der Waals surface area contributed by atoms with E-state index in [0.29, 0.717) is 6.54 Å². The Morgan fingerprint density at radius 1 is 0.975 bits per heavy atom. The second kappa shape index (κ2) is 14.9.